The van der Waals surface area contributed by atoms with Crippen molar-refractivity contribution in [2.75, 3.05) is 31.7 Å². The Morgan fingerprint density at radius 3 is 2.82 bits per heavy atom. The number of hydrogen-bond acceptors (Lipinski definition) is 6. The van der Waals surface area contributed by atoms with Crippen LogP contribution in [0.4, 0.5) is 5.69 Å². The maximum absolute atomic E-state index is 12.9. The molecule has 0 spiro atoms. The van der Waals surface area contributed by atoms with E-state index in [9.17, 15) is 9.59 Å². The Hall–Kier alpha value is -2.45. The van der Waals surface area contributed by atoms with E-state index in [4.69, 9.17) is 9.47 Å². The first-order valence-electron chi connectivity index (χ1n) is 9.26. The summed E-state index contributed by atoms with van der Waals surface area (Å²) in [5.74, 6) is 0.156. The quantitative estimate of drug-likeness (QED) is 0.719. The average Bonchev–Trinajstić information content (AvgIpc) is 3.01. The molecule has 0 bridgehead atoms. The monoisotopic (exact) mass is 403 g/mol. The molecule has 0 fully saturated rings. The predicted molar refractivity (Wildman–Crippen MR) is 109 cm³/mol. The molecule has 2 heterocycles. The molecule has 150 valence electrons. The number of anilines is 1. The van der Waals surface area contributed by atoms with Crippen molar-refractivity contribution < 1.29 is 19.1 Å². The minimum absolute atomic E-state index is 0.0616. The van der Waals surface area contributed by atoms with Crippen molar-refractivity contribution in [3.63, 3.8) is 0 Å². The van der Waals surface area contributed by atoms with Gasteiger partial charge in [0.2, 0.25) is 5.91 Å². The number of thiazole rings is 1. The molecule has 7 nitrogen and oxygen atoms in total. The number of methoxy groups -OCH3 is 1. The fraction of sp³-hybridized carbons (Fsp3) is 0.450. The zero-order valence-electron chi connectivity index (χ0n) is 16.6. The Morgan fingerprint density at radius 2 is 2.18 bits per heavy atom. The number of rotatable bonds is 7. The first kappa shape index (κ1) is 20.3. The van der Waals surface area contributed by atoms with Gasteiger partial charge >= 0.3 is 0 Å². The first-order valence-corrected chi connectivity index (χ1v) is 10.1. The van der Waals surface area contributed by atoms with Crippen LogP contribution in [0.15, 0.2) is 18.2 Å². The predicted octanol–water partition coefficient (Wildman–Crippen LogP) is 2.69. The second-order valence-electron chi connectivity index (χ2n) is 6.60. The molecule has 1 unspecified atom stereocenters. The van der Waals surface area contributed by atoms with Gasteiger partial charge in [-0.05, 0) is 38.5 Å². The minimum atomic E-state index is -0.589. The minimum Gasteiger partial charge on any atom is -0.478 e. The second-order valence-corrected chi connectivity index (χ2v) is 8.01. The SMILES string of the molecule is CCC1Oc2ccc(-c3nc(C)sc3C)cc2N(CC(=O)NCCOC)C1=O. The van der Waals surface area contributed by atoms with Gasteiger partial charge in [-0.15, -0.1) is 11.3 Å². The van der Waals surface area contributed by atoms with Crippen LogP contribution in [0, 0.1) is 13.8 Å². The number of nitrogens with zero attached hydrogens (tertiary/aromatic N) is 2. The molecule has 8 heteroatoms. The third-order valence-corrected chi connectivity index (χ3v) is 5.42. The van der Waals surface area contributed by atoms with Crippen molar-refractivity contribution in [1.29, 1.82) is 0 Å². The molecule has 0 saturated heterocycles. The summed E-state index contributed by atoms with van der Waals surface area (Å²) in [6.45, 7) is 6.64. The van der Waals surface area contributed by atoms with E-state index >= 15 is 0 Å². The highest BCUT2D eigenvalue weighted by atomic mass is 32.1. The highest BCUT2D eigenvalue weighted by Crippen LogP contribution is 2.39. The zero-order chi connectivity index (χ0) is 20.3. The van der Waals surface area contributed by atoms with E-state index in [2.05, 4.69) is 10.3 Å². The summed E-state index contributed by atoms with van der Waals surface area (Å²) in [5, 5.41) is 3.75. The molecule has 1 aromatic heterocycles. The van der Waals surface area contributed by atoms with Gasteiger partial charge in [-0.2, -0.15) is 0 Å². The molecule has 0 radical (unpaired) electrons. The topological polar surface area (TPSA) is 80.8 Å². The first-order chi connectivity index (χ1) is 13.4. The van der Waals surface area contributed by atoms with Crippen molar-refractivity contribution in [1.82, 2.24) is 10.3 Å². The molecule has 2 amide bonds. The van der Waals surface area contributed by atoms with Crippen LogP contribution in [0.3, 0.4) is 0 Å². The molecule has 28 heavy (non-hydrogen) atoms. The van der Waals surface area contributed by atoms with Gasteiger partial charge < -0.3 is 14.8 Å². The Kier molecular flexibility index (Phi) is 6.31. The number of carbonyl (C=O) groups excluding carboxylic acids is 2. The van der Waals surface area contributed by atoms with Gasteiger partial charge in [0.15, 0.2) is 6.10 Å². The molecular formula is C20H25N3O4S. The van der Waals surface area contributed by atoms with E-state index in [1.54, 1.807) is 18.4 Å². The molecule has 1 aliphatic heterocycles. The van der Waals surface area contributed by atoms with Gasteiger partial charge in [-0.25, -0.2) is 4.98 Å². The van der Waals surface area contributed by atoms with Crippen LogP contribution in [0.1, 0.15) is 23.2 Å². The van der Waals surface area contributed by atoms with Gasteiger partial charge in [0.05, 0.1) is 23.0 Å². The Balaban J connectivity index is 1.93. The Bertz CT molecular complexity index is 880. The smallest absolute Gasteiger partial charge is 0.268 e. The van der Waals surface area contributed by atoms with Crippen LogP contribution in [0.25, 0.3) is 11.3 Å². The standard InChI is InChI=1S/C20H25N3O4S/c1-5-16-20(25)23(11-18(24)21-8-9-26-4)15-10-14(6-7-17(15)27-16)19-12(2)28-13(3)22-19/h6-7,10,16H,5,8-9,11H2,1-4H3,(H,21,24). The largest absolute Gasteiger partial charge is 0.478 e. The van der Waals surface area contributed by atoms with Gasteiger partial charge in [0.1, 0.15) is 12.3 Å². The molecule has 1 atom stereocenters. The summed E-state index contributed by atoms with van der Waals surface area (Å²) in [6, 6.07) is 5.67. The highest BCUT2D eigenvalue weighted by molar-refractivity contribution is 7.11. The van der Waals surface area contributed by atoms with E-state index in [0.717, 1.165) is 21.1 Å². The van der Waals surface area contributed by atoms with E-state index in [-0.39, 0.29) is 18.4 Å². The lowest BCUT2D eigenvalue weighted by Crippen LogP contribution is -2.49. The lowest BCUT2D eigenvalue weighted by molar-refractivity contribution is -0.129. The summed E-state index contributed by atoms with van der Waals surface area (Å²) in [5.41, 5.74) is 2.38. The van der Waals surface area contributed by atoms with Crippen molar-refractivity contribution in [2.24, 2.45) is 0 Å². The lowest BCUT2D eigenvalue weighted by atomic mass is 10.1. The van der Waals surface area contributed by atoms with Crippen LogP contribution in [0.5, 0.6) is 5.75 Å². The van der Waals surface area contributed by atoms with Crippen LogP contribution in [0.2, 0.25) is 0 Å². The normalized spacial score (nSPS) is 15.9. The summed E-state index contributed by atoms with van der Waals surface area (Å²) in [7, 11) is 1.57. The van der Waals surface area contributed by atoms with Crippen LogP contribution < -0.4 is 15.0 Å². The maximum Gasteiger partial charge on any atom is 0.268 e. The molecular weight excluding hydrogens is 378 g/mol. The van der Waals surface area contributed by atoms with Gasteiger partial charge in [-0.3, -0.25) is 14.5 Å². The molecule has 3 rings (SSSR count). The summed E-state index contributed by atoms with van der Waals surface area (Å²) in [6.07, 6.45) is -0.0555. The molecule has 1 aromatic carbocycles. The molecule has 1 N–H and O–H groups in total. The fourth-order valence-electron chi connectivity index (χ4n) is 3.18. The number of aryl methyl sites for hydroxylation is 2. The molecule has 0 saturated carbocycles. The van der Waals surface area contributed by atoms with Crippen molar-refractivity contribution in [2.45, 2.75) is 33.3 Å². The number of hydrogen-bond donors (Lipinski definition) is 1. The van der Waals surface area contributed by atoms with E-state index in [0.29, 0.717) is 31.0 Å². The third kappa shape index (κ3) is 4.18. The Labute approximate surface area is 168 Å². The van der Waals surface area contributed by atoms with Crippen LogP contribution in [-0.4, -0.2) is 49.7 Å². The third-order valence-electron chi connectivity index (χ3n) is 4.54. The van der Waals surface area contributed by atoms with E-state index in [1.165, 1.54) is 4.90 Å². The molecule has 2 aromatic rings. The fourth-order valence-corrected chi connectivity index (χ4v) is 4.02. The van der Waals surface area contributed by atoms with Gasteiger partial charge in [0, 0.05) is 24.1 Å². The average molecular weight is 404 g/mol. The van der Waals surface area contributed by atoms with Crippen LogP contribution in [-0.2, 0) is 14.3 Å². The highest BCUT2D eigenvalue weighted by Gasteiger charge is 2.34. The number of fused-ring (bicyclic) bond motifs is 1. The van der Waals surface area contributed by atoms with E-state index < -0.39 is 6.10 Å². The Morgan fingerprint density at radius 1 is 1.39 bits per heavy atom. The summed E-state index contributed by atoms with van der Waals surface area (Å²) < 4.78 is 10.8. The summed E-state index contributed by atoms with van der Waals surface area (Å²) in [4.78, 5) is 32.4. The maximum atomic E-state index is 12.9. The van der Waals surface area contributed by atoms with Gasteiger partial charge in [0.25, 0.3) is 5.91 Å². The second kappa shape index (κ2) is 8.70. The van der Waals surface area contributed by atoms with Crippen molar-refractivity contribution in [3.05, 3.63) is 28.1 Å². The van der Waals surface area contributed by atoms with Crippen molar-refractivity contribution >= 4 is 28.8 Å². The number of aromatic nitrogens is 1. The number of ether oxygens (including phenoxy) is 2. The van der Waals surface area contributed by atoms with Crippen molar-refractivity contribution in [3.8, 4) is 17.0 Å². The zero-order valence-corrected chi connectivity index (χ0v) is 17.4. The number of amides is 2. The number of benzene rings is 1. The number of carbonyl (C=O) groups is 2. The summed E-state index contributed by atoms with van der Waals surface area (Å²) >= 11 is 1.63. The molecule has 0 aliphatic carbocycles. The number of nitrogens with one attached hydrogen (secondary N) is 1. The van der Waals surface area contributed by atoms with Gasteiger partial charge in [-0.1, -0.05) is 6.92 Å². The van der Waals surface area contributed by atoms with E-state index in [1.807, 2.05) is 39.0 Å². The molecule has 1 aliphatic rings. The lowest BCUT2D eigenvalue weighted by Gasteiger charge is -2.34. The van der Waals surface area contributed by atoms with Crippen LogP contribution >= 0.6 is 11.3 Å².